The van der Waals surface area contributed by atoms with Crippen molar-refractivity contribution in [3.8, 4) is 5.75 Å². The van der Waals surface area contributed by atoms with Crippen molar-refractivity contribution in [3.63, 3.8) is 0 Å². The molecule has 6 nitrogen and oxygen atoms in total. The third kappa shape index (κ3) is 3.30. The smallest absolute Gasteiger partial charge is 0.247 e. The van der Waals surface area contributed by atoms with Gasteiger partial charge in [-0.05, 0) is 39.0 Å². The van der Waals surface area contributed by atoms with Crippen molar-refractivity contribution in [1.29, 1.82) is 0 Å². The molecule has 1 aromatic rings. The summed E-state index contributed by atoms with van der Waals surface area (Å²) in [6.07, 6.45) is -0.171. The van der Waals surface area contributed by atoms with Gasteiger partial charge in [0.25, 0.3) is 0 Å². The van der Waals surface area contributed by atoms with E-state index >= 15 is 0 Å². The first-order valence-electron chi connectivity index (χ1n) is 6.77. The van der Waals surface area contributed by atoms with Gasteiger partial charge in [-0.3, -0.25) is 0 Å². The highest BCUT2D eigenvalue weighted by Crippen LogP contribution is 2.32. The fourth-order valence-corrected chi connectivity index (χ4v) is 4.47. The average molecular weight is 314 g/mol. The summed E-state index contributed by atoms with van der Waals surface area (Å²) in [4.78, 5) is 0.0925. The lowest BCUT2D eigenvalue weighted by molar-refractivity contribution is -0.109. The van der Waals surface area contributed by atoms with Gasteiger partial charge in [-0.2, -0.15) is 4.31 Å². The van der Waals surface area contributed by atoms with E-state index in [1.54, 1.807) is 12.1 Å². The number of anilines is 1. The monoisotopic (exact) mass is 314 g/mol. The van der Waals surface area contributed by atoms with Crippen LogP contribution in [0, 0.1) is 0 Å². The predicted molar refractivity (Wildman–Crippen MR) is 80.8 cm³/mol. The standard InChI is InChI=1S/C14H22N2O4S/c1-10-8-16(9-14(2,3)20-10)21(17,18)13-7-11(15)5-6-12(13)19-4/h5-7,10H,8-9,15H2,1-4H3. The summed E-state index contributed by atoms with van der Waals surface area (Å²) >= 11 is 0. The van der Waals surface area contributed by atoms with Crippen LogP contribution in [0.15, 0.2) is 23.1 Å². The SMILES string of the molecule is COc1ccc(N)cc1S(=O)(=O)N1CC(C)OC(C)(C)C1. The summed E-state index contributed by atoms with van der Waals surface area (Å²) < 4.78 is 38.1. The Bertz CT molecular complexity index is 628. The van der Waals surface area contributed by atoms with Gasteiger partial charge in [-0.1, -0.05) is 0 Å². The molecule has 118 valence electrons. The van der Waals surface area contributed by atoms with Crippen LogP contribution in [0.4, 0.5) is 5.69 Å². The second-order valence-electron chi connectivity index (χ2n) is 5.90. The quantitative estimate of drug-likeness (QED) is 0.854. The normalized spacial score (nSPS) is 23.0. The Morgan fingerprint density at radius 3 is 2.67 bits per heavy atom. The van der Waals surface area contributed by atoms with Crippen molar-refractivity contribution >= 4 is 15.7 Å². The van der Waals surface area contributed by atoms with Gasteiger partial charge in [-0.25, -0.2) is 8.42 Å². The molecular formula is C14H22N2O4S. The first kappa shape index (κ1) is 16.1. The summed E-state index contributed by atoms with van der Waals surface area (Å²) in [6, 6.07) is 4.61. The molecular weight excluding hydrogens is 292 g/mol. The Hall–Kier alpha value is -1.31. The molecule has 1 saturated heterocycles. The number of nitrogens with two attached hydrogens (primary N) is 1. The minimum absolute atomic E-state index is 0.0925. The highest BCUT2D eigenvalue weighted by atomic mass is 32.2. The third-order valence-electron chi connectivity index (χ3n) is 3.34. The van der Waals surface area contributed by atoms with Gasteiger partial charge in [0.2, 0.25) is 10.0 Å². The summed E-state index contributed by atoms with van der Waals surface area (Å²) in [7, 11) is -2.24. The Balaban J connectivity index is 2.45. The molecule has 7 heteroatoms. The van der Waals surface area contributed by atoms with Crippen LogP contribution >= 0.6 is 0 Å². The van der Waals surface area contributed by atoms with Gasteiger partial charge in [-0.15, -0.1) is 0 Å². The Kier molecular flexibility index (Phi) is 4.19. The summed E-state index contributed by atoms with van der Waals surface area (Å²) in [5.74, 6) is 0.293. The molecule has 0 aromatic heterocycles. The number of morpholine rings is 1. The van der Waals surface area contributed by atoms with E-state index in [-0.39, 0.29) is 17.5 Å². The van der Waals surface area contributed by atoms with Gasteiger partial charge in [0, 0.05) is 18.8 Å². The van der Waals surface area contributed by atoms with Gasteiger partial charge >= 0.3 is 0 Å². The average Bonchev–Trinajstić information content (AvgIpc) is 2.36. The molecule has 0 radical (unpaired) electrons. The Morgan fingerprint density at radius 2 is 2.10 bits per heavy atom. The number of hydrogen-bond acceptors (Lipinski definition) is 5. The first-order chi connectivity index (χ1) is 9.65. The Morgan fingerprint density at radius 1 is 1.43 bits per heavy atom. The fourth-order valence-electron chi connectivity index (χ4n) is 2.61. The van der Waals surface area contributed by atoms with Gasteiger partial charge in [0.05, 0.1) is 18.8 Å². The minimum atomic E-state index is -3.68. The molecule has 1 fully saturated rings. The summed E-state index contributed by atoms with van der Waals surface area (Å²) in [5.41, 5.74) is 5.58. The van der Waals surface area contributed by atoms with Crippen molar-refractivity contribution in [2.75, 3.05) is 25.9 Å². The number of nitrogen functional groups attached to an aromatic ring is 1. The molecule has 0 saturated carbocycles. The lowest BCUT2D eigenvalue weighted by Gasteiger charge is -2.41. The van der Waals surface area contributed by atoms with Crippen molar-refractivity contribution in [2.24, 2.45) is 0 Å². The molecule has 1 aromatic carbocycles. The van der Waals surface area contributed by atoms with Gasteiger partial charge < -0.3 is 15.2 Å². The lowest BCUT2D eigenvalue weighted by Crippen LogP contribution is -2.53. The zero-order valence-electron chi connectivity index (χ0n) is 12.8. The highest BCUT2D eigenvalue weighted by Gasteiger charge is 2.39. The van der Waals surface area contributed by atoms with Crippen LogP contribution in [0.3, 0.4) is 0 Å². The molecule has 21 heavy (non-hydrogen) atoms. The largest absolute Gasteiger partial charge is 0.495 e. The Labute approximate surface area is 125 Å². The maximum Gasteiger partial charge on any atom is 0.247 e. The summed E-state index contributed by atoms with van der Waals surface area (Å²) in [5, 5.41) is 0. The van der Waals surface area contributed by atoms with E-state index in [4.69, 9.17) is 15.2 Å². The number of sulfonamides is 1. The van der Waals surface area contributed by atoms with E-state index in [0.717, 1.165) is 0 Å². The van der Waals surface area contributed by atoms with E-state index in [1.807, 2.05) is 20.8 Å². The topological polar surface area (TPSA) is 81.9 Å². The molecule has 0 spiro atoms. The molecule has 2 rings (SSSR count). The molecule has 0 bridgehead atoms. The van der Waals surface area contributed by atoms with Crippen molar-refractivity contribution < 1.29 is 17.9 Å². The van der Waals surface area contributed by atoms with Crippen LogP contribution in [0.25, 0.3) is 0 Å². The third-order valence-corrected chi connectivity index (χ3v) is 5.18. The molecule has 2 N–H and O–H groups in total. The zero-order valence-corrected chi connectivity index (χ0v) is 13.6. The van der Waals surface area contributed by atoms with Crippen LogP contribution in [-0.4, -0.2) is 44.6 Å². The van der Waals surface area contributed by atoms with Crippen LogP contribution in [0.2, 0.25) is 0 Å². The zero-order chi connectivity index (χ0) is 15.8. The van der Waals surface area contributed by atoms with Crippen molar-refractivity contribution in [2.45, 2.75) is 37.4 Å². The second kappa shape index (κ2) is 5.47. The number of rotatable bonds is 3. The van der Waals surface area contributed by atoms with E-state index < -0.39 is 15.6 Å². The van der Waals surface area contributed by atoms with E-state index in [1.165, 1.54) is 17.5 Å². The van der Waals surface area contributed by atoms with Crippen molar-refractivity contribution in [3.05, 3.63) is 18.2 Å². The molecule has 1 aliphatic heterocycles. The first-order valence-corrected chi connectivity index (χ1v) is 8.21. The van der Waals surface area contributed by atoms with Gasteiger partial charge in [0.15, 0.2) is 0 Å². The fraction of sp³-hybridized carbons (Fsp3) is 0.571. The molecule has 0 aliphatic carbocycles. The van der Waals surface area contributed by atoms with E-state index in [9.17, 15) is 8.42 Å². The lowest BCUT2D eigenvalue weighted by atomic mass is 10.1. The van der Waals surface area contributed by atoms with Crippen molar-refractivity contribution in [1.82, 2.24) is 4.31 Å². The second-order valence-corrected chi connectivity index (χ2v) is 7.80. The van der Waals surface area contributed by atoms with Crippen LogP contribution < -0.4 is 10.5 Å². The number of nitrogens with zero attached hydrogens (tertiary/aromatic N) is 1. The maximum atomic E-state index is 12.9. The number of benzene rings is 1. The molecule has 1 heterocycles. The van der Waals surface area contributed by atoms with E-state index in [0.29, 0.717) is 18.0 Å². The van der Waals surface area contributed by atoms with Crippen LogP contribution in [0.1, 0.15) is 20.8 Å². The van der Waals surface area contributed by atoms with E-state index in [2.05, 4.69) is 0 Å². The number of ether oxygens (including phenoxy) is 2. The van der Waals surface area contributed by atoms with Gasteiger partial charge in [0.1, 0.15) is 10.6 Å². The molecule has 1 unspecified atom stereocenters. The maximum absolute atomic E-state index is 12.9. The highest BCUT2D eigenvalue weighted by molar-refractivity contribution is 7.89. The number of hydrogen-bond donors (Lipinski definition) is 1. The molecule has 1 atom stereocenters. The molecule has 0 amide bonds. The van der Waals surface area contributed by atoms with Crippen LogP contribution in [0.5, 0.6) is 5.75 Å². The minimum Gasteiger partial charge on any atom is -0.495 e. The predicted octanol–water partition coefficient (Wildman–Crippen LogP) is 1.47. The molecule has 1 aliphatic rings. The van der Waals surface area contributed by atoms with Crippen LogP contribution in [-0.2, 0) is 14.8 Å². The summed E-state index contributed by atoms with van der Waals surface area (Å²) in [6.45, 7) is 6.21. The number of methoxy groups -OCH3 is 1.